The van der Waals surface area contributed by atoms with Crippen LogP contribution in [0.5, 0.6) is 0 Å². The van der Waals surface area contributed by atoms with Gasteiger partial charge in [-0.1, -0.05) is 37.0 Å². The highest BCUT2D eigenvalue weighted by Gasteiger charge is 2.05. The molecule has 1 aromatic heterocycles. The largest absolute Gasteiger partial charge is 0.320 e. The van der Waals surface area contributed by atoms with E-state index < -0.39 is 0 Å². The summed E-state index contributed by atoms with van der Waals surface area (Å²) < 4.78 is 0. The van der Waals surface area contributed by atoms with Crippen LogP contribution in [0.2, 0.25) is 0 Å². The summed E-state index contributed by atoms with van der Waals surface area (Å²) in [5, 5.41) is 0. The van der Waals surface area contributed by atoms with E-state index in [-0.39, 0.29) is 0 Å². The van der Waals surface area contributed by atoms with Crippen molar-refractivity contribution >= 4 is 0 Å². The second-order valence-electron chi connectivity index (χ2n) is 4.83. The van der Waals surface area contributed by atoms with Crippen LogP contribution in [0.15, 0.2) is 48.7 Å². The first kappa shape index (κ1) is 15.2. The quantitative estimate of drug-likeness (QED) is 0.855. The number of hydrogen-bond acceptors (Lipinski definition) is 3. The van der Waals surface area contributed by atoms with Gasteiger partial charge in [0.1, 0.15) is 0 Å². The van der Waals surface area contributed by atoms with Crippen molar-refractivity contribution in [2.45, 2.75) is 20.0 Å². The van der Waals surface area contributed by atoms with Gasteiger partial charge in [-0.25, -0.2) is 0 Å². The molecule has 3 heteroatoms. The molecule has 0 aliphatic carbocycles. The van der Waals surface area contributed by atoms with Crippen LogP contribution in [0.4, 0.5) is 0 Å². The molecule has 1 aromatic carbocycles. The Morgan fingerprint density at radius 1 is 1.14 bits per heavy atom. The molecule has 0 atom stereocenters. The van der Waals surface area contributed by atoms with E-state index in [1.54, 1.807) is 0 Å². The zero-order chi connectivity index (χ0) is 14.9. The van der Waals surface area contributed by atoms with Crippen molar-refractivity contribution in [3.63, 3.8) is 0 Å². The zero-order valence-electron chi connectivity index (χ0n) is 12.4. The first-order valence-corrected chi connectivity index (χ1v) is 7.22. The molecule has 1 heterocycles. The lowest BCUT2D eigenvalue weighted by Crippen LogP contribution is -2.22. The predicted molar refractivity (Wildman–Crippen MR) is 86.4 cm³/mol. The second-order valence-corrected chi connectivity index (χ2v) is 4.83. The van der Waals surface area contributed by atoms with E-state index in [2.05, 4.69) is 46.8 Å². The molecule has 2 rings (SSSR count). The Kier molecular flexibility index (Phi) is 5.96. The van der Waals surface area contributed by atoms with Gasteiger partial charge in [0.25, 0.3) is 0 Å². The van der Waals surface area contributed by atoms with Gasteiger partial charge in [0, 0.05) is 24.8 Å². The molecule has 3 nitrogen and oxygen atoms in total. The van der Waals surface area contributed by atoms with Gasteiger partial charge in [0.15, 0.2) is 0 Å². The third-order valence-electron chi connectivity index (χ3n) is 3.23. The maximum Gasteiger partial charge on any atom is 0.0555 e. The van der Waals surface area contributed by atoms with Crippen molar-refractivity contribution in [2.24, 2.45) is 5.73 Å². The minimum absolute atomic E-state index is 0.394. The van der Waals surface area contributed by atoms with Crippen LogP contribution in [0.25, 0.3) is 0 Å². The Morgan fingerprint density at radius 2 is 2.05 bits per heavy atom. The van der Waals surface area contributed by atoms with E-state index in [0.29, 0.717) is 6.54 Å². The summed E-state index contributed by atoms with van der Waals surface area (Å²) in [6.45, 7) is 5.29. The van der Waals surface area contributed by atoms with E-state index >= 15 is 0 Å². The molecular formula is C18H21N3. The molecule has 108 valence electrons. The van der Waals surface area contributed by atoms with Crippen molar-refractivity contribution < 1.29 is 0 Å². The fraction of sp³-hybridized carbons (Fsp3) is 0.278. The maximum absolute atomic E-state index is 5.41. The number of rotatable bonds is 5. The molecule has 21 heavy (non-hydrogen) atoms. The Hall–Kier alpha value is -2.15. The summed E-state index contributed by atoms with van der Waals surface area (Å²) in [6.07, 6.45) is 1.84. The zero-order valence-corrected chi connectivity index (χ0v) is 12.4. The van der Waals surface area contributed by atoms with E-state index in [1.807, 2.05) is 30.5 Å². The smallest absolute Gasteiger partial charge is 0.0555 e. The predicted octanol–water partition coefficient (Wildman–Crippen LogP) is 2.41. The molecule has 0 saturated heterocycles. The fourth-order valence-electron chi connectivity index (χ4n) is 2.16. The first-order valence-electron chi connectivity index (χ1n) is 7.22. The van der Waals surface area contributed by atoms with Gasteiger partial charge >= 0.3 is 0 Å². The molecular weight excluding hydrogens is 258 g/mol. The van der Waals surface area contributed by atoms with Crippen LogP contribution >= 0.6 is 0 Å². The molecule has 0 bridgehead atoms. The minimum atomic E-state index is 0.394. The number of benzene rings is 1. The van der Waals surface area contributed by atoms with Gasteiger partial charge in [0.05, 0.1) is 12.2 Å². The Morgan fingerprint density at radius 3 is 2.76 bits per heavy atom. The fourth-order valence-corrected chi connectivity index (χ4v) is 2.16. The number of aromatic nitrogens is 1. The summed E-state index contributed by atoms with van der Waals surface area (Å²) in [4.78, 5) is 6.75. The van der Waals surface area contributed by atoms with Crippen molar-refractivity contribution in [1.29, 1.82) is 0 Å². The number of nitrogens with two attached hydrogens (primary N) is 1. The van der Waals surface area contributed by atoms with Crippen LogP contribution in [0, 0.1) is 11.8 Å². The number of hydrogen-bond donors (Lipinski definition) is 1. The van der Waals surface area contributed by atoms with Gasteiger partial charge in [0.2, 0.25) is 0 Å². The third-order valence-corrected chi connectivity index (χ3v) is 3.23. The van der Waals surface area contributed by atoms with Gasteiger partial charge < -0.3 is 5.73 Å². The summed E-state index contributed by atoms with van der Waals surface area (Å²) in [6, 6.07) is 14.4. The number of nitrogens with zero attached hydrogens (tertiary/aromatic N) is 2. The normalized spacial score (nSPS) is 10.2. The minimum Gasteiger partial charge on any atom is -0.320 e. The first-order chi connectivity index (χ1) is 10.3. The molecule has 2 N–H and O–H groups in total. The van der Waals surface area contributed by atoms with Gasteiger partial charge in [-0.2, -0.15) is 0 Å². The lowest BCUT2D eigenvalue weighted by Gasteiger charge is -2.20. The molecule has 0 radical (unpaired) electrons. The van der Waals surface area contributed by atoms with Gasteiger partial charge in [-0.3, -0.25) is 9.88 Å². The van der Waals surface area contributed by atoms with Crippen LogP contribution in [-0.4, -0.2) is 23.0 Å². The Labute approximate surface area is 126 Å². The monoisotopic (exact) mass is 279 g/mol. The standard InChI is InChI=1S/C18H21N3/c1-2-21(15-18-10-3-4-12-20-18)14-17-8-5-7-16(13-17)9-6-11-19/h3-5,7-8,10,12-13H,2,11,14-15,19H2,1H3. The van der Waals surface area contributed by atoms with Crippen LogP contribution < -0.4 is 5.73 Å². The molecule has 0 spiro atoms. The molecule has 0 saturated carbocycles. The van der Waals surface area contributed by atoms with Gasteiger partial charge in [-0.15, -0.1) is 0 Å². The summed E-state index contributed by atoms with van der Waals surface area (Å²) in [5.74, 6) is 5.97. The SMILES string of the molecule is CCN(Cc1cccc(C#CCN)c1)Cc1ccccn1. The molecule has 0 fully saturated rings. The molecule has 0 aliphatic heterocycles. The molecule has 0 unspecified atom stereocenters. The van der Waals surface area contributed by atoms with Crippen molar-refractivity contribution in [1.82, 2.24) is 9.88 Å². The van der Waals surface area contributed by atoms with Crippen molar-refractivity contribution in [3.05, 3.63) is 65.5 Å². The third kappa shape index (κ3) is 5.03. The van der Waals surface area contributed by atoms with E-state index in [1.165, 1.54) is 5.56 Å². The summed E-state index contributed by atoms with van der Waals surface area (Å²) in [5.41, 5.74) is 8.79. The van der Waals surface area contributed by atoms with Crippen LogP contribution in [-0.2, 0) is 13.1 Å². The summed E-state index contributed by atoms with van der Waals surface area (Å²) in [7, 11) is 0. The average molecular weight is 279 g/mol. The topological polar surface area (TPSA) is 42.1 Å². The second kappa shape index (κ2) is 8.21. The van der Waals surface area contributed by atoms with E-state index in [4.69, 9.17) is 5.73 Å². The van der Waals surface area contributed by atoms with Crippen molar-refractivity contribution in [2.75, 3.05) is 13.1 Å². The lowest BCUT2D eigenvalue weighted by molar-refractivity contribution is 0.268. The molecule has 0 amide bonds. The van der Waals surface area contributed by atoms with E-state index in [9.17, 15) is 0 Å². The highest BCUT2D eigenvalue weighted by molar-refractivity contribution is 5.37. The molecule has 0 aliphatic rings. The Bertz CT molecular complexity index is 611. The highest BCUT2D eigenvalue weighted by atomic mass is 15.1. The van der Waals surface area contributed by atoms with Gasteiger partial charge in [-0.05, 0) is 36.4 Å². The average Bonchev–Trinajstić information content (AvgIpc) is 2.53. The summed E-state index contributed by atoms with van der Waals surface area (Å²) >= 11 is 0. The van der Waals surface area contributed by atoms with Crippen LogP contribution in [0.1, 0.15) is 23.7 Å². The molecule has 2 aromatic rings. The van der Waals surface area contributed by atoms with Crippen LogP contribution in [0.3, 0.4) is 0 Å². The lowest BCUT2D eigenvalue weighted by atomic mass is 10.1. The van der Waals surface area contributed by atoms with Crippen molar-refractivity contribution in [3.8, 4) is 11.8 Å². The van der Waals surface area contributed by atoms with E-state index in [0.717, 1.165) is 30.9 Å². The number of pyridine rings is 1. The highest BCUT2D eigenvalue weighted by Crippen LogP contribution is 2.10. The Balaban J connectivity index is 2.04. The maximum atomic E-state index is 5.41.